The average molecular weight is 483 g/mol. The number of benzene rings is 1. The number of hydrogen-bond donors (Lipinski definition) is 1. The summed E-state index contributed by atoms with van der Waals surface area (Å²) in [5, 5.41) is 3.55. The van der Waals surface area contributed by atoms with Crippen molar-refractivity contribution in [3.8, 4) is 0 Å². The van der Waals surface area contributed by atoms with Crippen LogP contribution in [0.25, 0.3) is 11.0 Å². The normalized spacial score (nSPS) is 22.6. The topological polar surface area (TPSA) is 54.7 Å². The molecule has 2 saturated heterocycles. The number of aromatic nitrogens is 2. The second-order valence-corrected chi connectivity index (χ2v) is 7.60. The fourth-order valence-corrected chi connectivity index (χ4v) is 4.34. The summed E-state index contributed by atoms with van der Waals surface area (Å²) in [7, 11) is 1.88. The summed E-state index contributed by atoms with van der Waals surface area (Å²) < 4.78 is 7.94. The Hall–Kier alpha value is -1.35. The number of aryl methyl sites for hydroxylation is 2. The monoisotopic (exact) mass is 483 g/mol. The zero-order valence-corrected chi connectivity index (χ0v) is 18.6. The lowest BCUT2D eigenvalue weighted by molar-refractivity contribution is 0.156. The Kier molecular flexibility index (Phi) is 6.62. The van der Waals surface area contributed by atoms with Crippen LogP contribution >= 0.6 is 24.0 Å². The number of aliphatic imine (C=N–C) groups is 1. The van der Waals surface area contributed by atoms with Crippen molar-refractivity contribution in [3.05, 3.63) is 30.1 Å². The number of nitrogens with zero attached hydrogens (tertiary/aromatic N) is 4. The molecule has 2 aliphatic heterocycles. The van der Waals surface area contributed by atoms with Crippen molar-refractivity contribution in [2.45, 2.75) is 32.7 Å². The molecule has 0 radical (unpaired) electrons. The van der Waals surface area contributed by atoms with E-state index < -0.39 is 0 Å². The first-order chi connectivity index (χ1) is 12.7. The lowest BCUT2D eigenvalue weighted by Gasteiger charge is -2.25. The molecule has 4 rings (SSSR count). The second kappa shape index (κ2) is 8.77. The lowest BCUT2D eigenvalue weighted by atomic mass is 9.87. The van der Waals surface area contributed by atoms with Crippen LogP contribution in [0.3, 0.4) is 0 Å². The quantitative estimate of drug-likeness (QED) is 0.315. The molecule has 0 saturated carbocycles. The van der Waals surface area contributed by atoms with Crippen LogP contribution in [0.15, 0.2) is 29.3 Å². The number of rotatable bonds is 4. The Morgan fingerprint density at radius 3 is 2.96 bits per heavy atom. The predicted octanol–water partition coefficient (Wildman–Crippen LogP) is 3.04. The maximum Gasteiger partial charge on any atom is 0.193 e. The minimum Gasteiger partial charge on any atom is -0.381 e. The number of halogens is 1. The van der Waals surface area contributed by atoms with Gasteiger partial charge in [-0.3, -0.25) is 4.99 Å². The molecule has 1 N–H and O–H groups in total. The van der Waals surface area contributed by atoms with E-state index in [1.807, 2.05) is 13.1 Å². The van der Waals surface area contributed by atoms with Gasteiger partial charge in [0.2, 0.25) is 0 Å². The smallest absolute Gasteiger partial charge is 0.193 e. The number of hydrogen-bond acceptors (Lipinski definition) is 3. The van der Waals surface area contributed by atoms with E-state index in [9.17, 15) is 0 Å². The molecule has 1 aromatic carbocycles. The molecule has 3 heterocycles. The van der Waals surface area contributed by atoms with Crippen LogP contribution in [0.5, 0.6) is 0 Å². The van der Waals surface area contributed by atoms with Gasteiger partial charge >= 0.3 is 0 Å². The Morgan fingerprint density at radius 1 is 1.33 bits per heavy atom. The van der Waals surface area contributed by atoms with Gasteiger partial charge < -0.3 is 19.5 Å². The molecule has 0 amide bonds. The highest BCUT2D eigenvalue weighted by Crippen LogP contribution is 2.38. The summed E-state index contributed by atoms with van der Waals surface area (Å²) in [6.07, 6.45) is 3.45. The van der Waals surface area contributed by atoms with Crippen molar-refractivity contribution in [2.75, 3.05) is 39.9 Å². The van der Waals surface area contributed by atoms with Crippen molar-refractivity contribution in [1.29, 1.82) is 0 Å². The Balaban J connectivity index is 0.00000210. The molecule has 1 unspecified atom stereocenters. The van der Waals surface area contributed by atoms with Crippen LogP contribution in [-0.4, -0.2) is 60.3 Å². The number of para-hydroxylation sites is 2. The van der Waals surface area contributed by atoms with Gasteiger partial charge in [-0.1, -0.05) is 12.1 Å². The van der Waals surface area contributed by atoms with E-state index in [2.05, 4.69) is 49.9 Å². The van der Waals surface area contributed by atoms with Crippen molar-refractivity contribution >= 4 is 41.0 Å². The number of imidazole rings is 1. The van der Waals surface area contributed by atoms with E-state index in [4.69, 9.17) is 4.74 Å². The SMILES string of the molecule is CN=C(NCCCn1c(C)nc2ccccc21)N1CCC2(CCOC2)C1.I. The van der Waals surface area contributed by atoms with Crippen molar-refractivity contribution in [2.24, 2.45) is 10.4 Å². The van der Waals surface area contributed by atoms with E-state index in [1.165, 1.54) is 18.4 Å². The van der Waals surface area contributed by atoms with Gasteiger partial charge in [-0.25, -0.2) is 4.98 Å². The first-order valence-electron chi connectivity index (χ1n) is 9.66. The van der Waals surface area contributed by atoms with Crippen molar-refractivity contribution in [3.63, 3.8) is 0 Å². The molecule has 0 bridgehead atoms. The summed E-state index contributed by atoms with van der Waals surface area (Å²) in [4.78, 5) is 11.5. The summed E-state index contributed by atoms with van der Waals surface area (Å²) >= 11 is 0. The van der Waals surface area contributed by atoms with Gasteiger partial charge in [-0.05, 0) is 38.3 Å². The van der Waals surface area contributed by atoms with Gasteiger partial charge in [-0.15, -0.1) is 24.0 Å². The van der Waals surface area contributed by atoms with E-state index in [0.717, 1.165) is 63.1 Å². The third kappa shape index (κ3) is 4.23. The number of ether oxygens (including phenoxy) is 1. The third-order valence-corrected chi connectivity index (χ3v) is 5.82. The lowest BCUT2D eigenvalue weighted by Crippen LogP contribution is -2.41. The minimum atomic E-state index is 0. The van der Waals surface area contributed by atoms with E-state index in [-0.39, 0.29) is 24.0 Å². The van der Waals surface area contributed by atoms with Crippen LogP contribution < -0.4 is 5.32 Å². The fraction of sp³-hybridized carbons (Fsp3) is 0.600. The van der Waals surface area contributed by atoms with Gasteiger partial charge in [0.05, 0.1) is 17.6 Å². The Morgan fingerprint density at radius 2 is 2.19 bits per heavy atom. The van der Waals surface area contributed by atoms with Crippen LogP contribution in [0.1, 0.15) is 25.1 Å². The zero-order chi connectivity index (χ0) is 18.0. The van der Waals surface area contributed by atoms with Gasteiger partial charge in [0.1, 0.15) is 5.82 Å². The van der Waals surface area contributed by atoms with Crippen LogP contribution in [0, 0.1) is 12.3 Å². The zero-order valence-electron chi connectivity index (χ0n) is 16.3. The van der Waals surface area contributed by atoms with Gasteiger partial charge in [0.25, 0.3) is 0 Å². The molecule has 1 spiro atoms. The highest BCUT2D eigenvalue weighted by atomic mass is 127. The predicted molar refractivity (Wildman–Crippen MR) is 120 cm³/mol. The summed E-state index contributed by atoms with van der Waals surface area (Å²) in [5.41, 5.74) is 2.66. The first-order valence-corrected chi connectivity index (χ1v) is 9.66. The minimum absolute atomic E-state index is 0. The molecule has 6 nitrogen and oxygen atoms in total. The van der Waals surface area contributed by atoms with E-state index >= 15 is 0 Å². The van der Waals surface area contributed by atoms with E-state index in [0.29, 0.717) is 5.41 Å². The van der Waals surface area contributed by atoms with Crippen molar-refractivity contribution < 1.29 is 4.74 Å². The molecule has 2 aromatic rings. The third-order valence-electron chi connectivity index (χ3n) is 5.82. The van der Waals surface area contributed by atoms with Crippen LogP contribution in [0.2, 0.25) is 0 Å². The van der Waals surface area contributed by atoms with Crippen LogP contribution in [-0.2, 0) is 11.3 Å². The molecule has 1 atom stereocenters. The Labute approximate surface area is 178 Å². The molecule has 0 aliphatic carbocycles. The molecular weight excluding hydrogens is 453 g/mol. The highest BCUT2D eigenvalue weighted by molar-refractivity contribution is 14.0. The average Bonchev–Trinajstić information content (AvgIpc) is 3.36. The molecule has 2 fully saturated rings. The Bertz CT molecular complexity index is 797. The number of guanidine groups is 1. The van der Waals surface area contributed by atoms with Gasteiger partial charge in [0.15, 0.2) is 5.96 Å². The van der Waals surface area contributed by atoms with Gasteiger partial charge in [-0.2, -0.15) is 0 Å². The van der Waals surface area contributed by atoms with Gasteiger partial charge in [0, 0.05) is 45.2 Å². The summed E-state index contributed by atoms with van der Waals surface area (Å²) in [6, 6.07) is 8.35. The maximum atomic E-state index is 5.63. The van der Waals surface area contributed by atoms with E-state index in [1.54, 1.807) is 0 Å². The molecule has 148 valence electrons. The fourth-order valence-electron chi connectivity index (χ4n) is 4.34. The highest BCUT2D eigenvalue weighted by Gasteiger charge is 2.42. The second-order valence-electron chi connectivity index (χ2n) is 7.60. The first kappa shape index (κ1) is 20.4. The largest absolute Gasteiger partial charge is 0.381 e. The van der Waals surface area contributed by atoms with Crippen LogP contribution in [0.4, 0.5) is 0 Å². The number of nitrogens with one attached hydrogen (secondary N) is 1. The summed E-state index contributed by atoms with van der Waals surface area (Å²) in [6.45, 7) is 7.93. The molecule has 2 aliphatic rings. The van der Waals surface area contributed by atoms with Crippen molar-refractivity contribution in [1.82, 2.24) is 19.8 Å². The molecular formula is C20H30IN5O. The standard InChI is InChI=1S/C20H29N5O.HI/c1-16-23-17-6-3-4-7-18(17)25(16)11-5-10-22-19(21-2)24-12-8-20(14-24)9-13-26-15-20;/h3-4,6-7H,5,8-15H2,1-2H3,(H,21,22);1H. The molecule has 27 heavy (non-hydrogen) atoms. The molecule has 1 aromatic heterocycles. The maximum absolute atomic E-state index is 5.63. The molecule has 7 heteroatoms. The number of likely N-dealkylation sites (tertiary alicyclic amines) is 1. The number of fused-ring (bicyclic) bond motifs is 1. The summed E-state index contributed by atoms with van der Waals surface area (Å²) in [5.74, 6) is 2.11.